The van der Waals surface area contributed by atoms with E-state index >= 15 is 0 Å². The summed E-state index contributed by atoms with van der Waals surface area (Å²) < 4.78 is 62.9. The second-order valence-electron chi connectivity index (χ2n) is 7.33. The summed E-state index contributed by atoms with van der Waals surface area (Å²) in [5.74, 6) is -0.0132. The molecule has 0 saturated carbocycles. The molecule has 0 N–H and O–H groups in total. The van der Waals surface area contributed by atoms with Crippen molar-refractivity contribution in [1.82, 2.24) is 4.31 Å². The highest BCUT2D eigenvalue weighted by molar-refractivity contribution is 14.1. The maximum atomic E-state index is 14.6. The molecule has 0 amide bonds. The van der Waals surface area contributed by atoms with Gasteiger partial charge in [-0.1, -0.05) is 51.4 Å². The van der Waals surface area contributed by atoms with Crippen molar-refractivity contribution in [2.24, 2.45) is 11.3 Å². The van der Waals surface area contributed by atoms with Crippen LogP contribution in [0.4, 0.5) is 8.78 Å². The molecule has 1 aromatic rings. The number of esters is 1. The number of halogens is 4. The van der Waals surface area contributed by atoms with Crippen molar-refractivity contribution in [3.8, 4) is 11.8 Å². The van der Waals surface area contributed by atoms with Gasteiger partial charge in [-0.25, -0.2) is 13.2 Å². The third kappa shape index (κ3) is 6.18. The van der Waals surface area contributed by atoms with Gasteiger partial charge in [-0.05, 0) is 43.5 Å². The maximum Gasteiger partial charge on any atom is 0.376 e. The molecule has 0 bridgehead atoms. The molecule has 1 aliphatic heterocycles. The average molecular weight is 632 g/mol. The Hall–Kier alpha value is -0.770. The number of carbonyl (C=O) groups is 1. The van der Waals surface area contributed by atoms with E-state index in [0.29, 0.717) is 12.8 Å². The van der Waals surface area contributed by atoms with E-state index in [-0.39, 0.29) is 24.6 Å². The zero-order valence-corrected chi connectivity index (χ0v) is 21.9. The number of alkyl halides is 3. The summed E-state index contributed by atoms with van der Waals surface area (Å²) in [4.78, 5) is 11.9. The number of hydrogen-bond acceptors (Lipinski definition) is 4. The molecular weight excluding hydrogens is 607 g/mol. The van der Waals surface area contributed by atoms with Crippen LogP contribution in [0, 0.1) is 23.2 Å². The summed E-state index contributed by atoms with van der Waals surface area (Å²) >= 11 is 5.44. The van der Waals surface area contributed by atoms with Gasteiger partial charge < -0.3 is 4.74 Å². The molecule has 1 heterocycles. The zero-order valence-electron chi connectivity index (χ0n) is 17.3. The third-order valence-electron chi connectivity index (χ3n) is 5.38. The molecular formula is C21H25BrF2INO4S. The van der Waals surface area contributed by atoms with Gasteiger partial charge in [0.15, 0.2) is 0 Å². The summed E-state index contributed by atoms with van der Waals surface area (Å²) in [5.41, 5.74) is -0.968. The van der Waals surface area contributed by atoms with Crippen LogP contribution in [0.25, 0.3) is 0 Å². The largest absolute Gasteiger partial charge is 0.462 e. The van der Waals surface area contributed by atoms with Crippen molar-refractivity contribution in [1.29, 1.82) is 0 Å². The smallest absolute Gasteiger partial charge is 0.376 e. The van der Waals surface area contributed by atoms with Crippen LogP contribution in [0.3, 0.4) is 0 Å². The first-order chi connectivity index (χ1) is 14.5. The molecule has 1 saturated heterocycles. The Bertz CT molecular complexity index is 946. The quantitative estimate of drug-likeness (QED) is 0.178. The monoisotopic (exact) mass is 631 g/mol. The predicted molar refractivity (Wildman–Crippen MR) is 127 cm³/mol. The lowest BCUT2D eigenvalue weighted by atomic mass is 9.73. The number of hydrogen-bond donors (Lipinski definition) is 0. The molecule has 31 heavy (non-hydrogen) atoms. The molecule has 5 nitrogen and oxygen atoms in total. The minimum Gasteiger partial charge on any atom is -0.462 e. The summed E-state index contributed by atoms with van der Waals surface area (Å²) in [6.07, 6.45) is 0.144. The van der Waals surface area contributed by atoms with Crippen molar-refractivity contribution < 1.29 is 26.7 Å². The van der Waals surface area contributed by atoms with E-state index in [1.165, 1.54) is 23.4 Å². The van der Waals surface area contributed by atoms with Gasteiger partial charge in [-0.3, -0.25) is 0 Å². The maximum absolute atomic E-state index is 14.6. The van der Waals surface area contributed by atoms with Gasteiger partial charge in [0, 0.05) is 40.2 Å². The lowest BCUT2D eigenvalue weighted by molar-refractivity contribution is -0.174. The van der Waals surface area contributed by atoms with Crippen LogP contribution in [0.15, 0.2) is 33.6 Å². The van der Waals surface area contributed by atoms with Crippen LogP contribution in [0.2, 0.25) is 0 Å². The fourth-order valence-electron chi connectivity index (χ4n) is 3.67. The first-order valence-corrected chi connectivity index (χ1v) is 13.6. The van der Waals surface area contributed by atoms with Crippen LogP contribution in [-0.2, 0) is 19.6 Å². The normalized spacial score (nSPS) is 22.1. The second-order valence-corrected chi connectivity index (χ2v) is 11.3. The van der Waals surface area contributed by atoms with Gasteiger partial charge in [0.25, 0.3) is 0 Å². The minimum atomic E-state index is -3.90. The number of benzene rings is 1. The molecule has 1 fully saturated rings. The Morgan fingerprint density at radius 1 is 1.35 bits per heavy atom. The topological polar surface area (TPSA) is 63.7 Å². The Kier molecular flexibility index (Phi) is 9.31. The van der Waals surface area contributed by atoms with Crippen molar-refractivity contribution in [2.45, 2.75) is 43.9 Å². The SMILES string of the molecule is CCOC(=O)C(F)(F)CC1CN(S(=O)(=O)c2ccc(Br)cc2)CC1(C#CCCI)CC. The second kappa shape index (κ2) is 10.9. The third-order valence-corrected chi connectivity index (χ3v) is 8.27. The highest BCUT2D eigenvalue weighted by atomic mass is 127. The summed E-state index contributed by atoms with van der Waals surface area (Å²) in [6, 6.07) is 6.16. The van der Waals surface area contributed by atoms with Crippen molar-refractivity contribution >= 4 is 54.5 Å². The fourth-order valence-corrected chi connectivity index (χ4v) is 5.76. The van der Waals surface area contributed by atoms with E-state index in [4.69, 9.17) is 0 Å². The predicted octanol–water partition coefficient (Wildman–Crippen LogP) is 4.88. The lowest BCUT2D eigenvalue weighted by Gasteiger charge is -2.30. The first kappa shape index (κ1) is 26.5. The summed E-state index contributed by atoms with van der Waals surface area (Å²) in [7, 11) is -3.90. The van der Waals surface area contributed by atoms with Crippen molar-refractivity contribution in [2.75, 3.05) is 24.1 Å². The fraction of sp³-hybridized carbons (Fsp3) is 0.571. The zero-order chi connectivity index (χ0) is 23.3. The van der Waals surface area contributed by atoms with Crippen molar-refractivity contribution in [3.05, 3.63) is 28.7 Å². The van der Waals surface area contributed by atoms with Crippen LogP contribution in [-0.4, -0.2) is 48.7 Å². The molecule has 172 valence electrons. The standard InChI is InChI=1S/C21H25BrF2INO4S/c1-3-20(11-5-6-12-25)15-26(31(28,29)18-9-7-17(22)8-10-18)14-16(20)13-21(23,24)19(27)30-4-2/h7-10,16H,3-4,6,12-15H2,1-2H3. The molecule has 2 unspecified atom stereocenters. The summed E-state index contributed by atoms with van der Waals surface area (Å²) in [6.45, 7) is 2.98. The van der Waals surface area contributed by atoms with E-state index < -0.39 is 39.7 Å². The minimum absolute atomic E-state index is 0.000283. The lowest BCUT2D eigenvalue weighted by Crippen LogP contribution is -2.38. The van der Waals surface area contributed by atoms with Gasteiger partial charge in [-0.15, -0.1) is 5.92 Å². The van der Waals surface area contributed by atoms with Crippen LogP contribution < -0.4 is 0 Å². The van der Waals surface area contributed by atoms with Crippen LogP contribution in [0.5, 0.6) is 0 Å². The first-order valence-electron chi connectivity index (χ1n) is 9.89. The van der Waals surface area contributed by atoms with E-state index in [2.05, 4.69) is 55.1 Å². The van der Waals surface area contributed by atoms with E-state index in [0.717, 1.165) is 8.90 Å². The van der Waals surface area contributed by atoms with E-state index in [1.54, 1.807) is 12.1 Å². The summed E-state index contributed by atoms with van der Waals surface area (Å²) in [5, 5.41) is 0. The Labute approximate surface area is 204 Å². The Balaban J connectivity index is 2.42. The van der Waals surface area contributed by atoms with Gasteiger partial charge in [0.2, 0.25) is 10.0 Å². The highest BCUT2D eigenvalue weighted by Crippen LogP contribution is 2.46. The molecule has 1 aromatic carbocycles. The number of nitrogens with zero attached hydrogens (tertiary/aromatic N) is 1. The van der Waals surface area contributed by atoms with Gasteiger partial charge >= 0.3 is 11.9 Å². The number of rotatable bonds is 8. The molecule has 0 aliphatic carbocycles. The van der Waals surface area contributed by atoms with Gasteiger partial charge in [0.1, 0.15) is 0 Å². The van der Waals surface area contributed by atoms with Gasteiger partial charge in [0.05, 0.1) is 11.5 Å². The van der Waals surface area contributed by atoms with Crippen molar-refractivity contribution in [3.63, 3.8) is 0 Å². The Morgan fingerprint density at radius 2 is 2.00 bits per heavy atom. The van der Waals surface area contributed by atoms with E-state index in [1.807, 2.05) is 6.92 Å². The van der Waals surface area contributed by atoms with E-state index in [9.17, 15) is 22.0 Å². The Morgan fingerprint density at radius 3 is 2.55 bits per heavy atom. The average Bonchev–Trinajstić information content (AvgIpc) is 3.07. The molecule has 0 spiro atoms. The number of ether oxygens (including phenoxy) is 1. The highest BCUT2D eigenvalue weighted by Gasteiger charge is 2.54. The van der Waals surface area contributed by atoms with Gasteiger partial charge in [-0.2, -0.15) is 13.1 Å². The molecule has 2 rings (SSSR count). The molecule has 2 atom stereocenters. The number of sulfonamides is 1. The molecule has 0 radical (unpaired) electrons. The molecule has 0 aromatic heterocycles. The van der Waals surface area contributed by atoms with Crippen LogP contribution in [0.1, 0.15) is 33.1 Å². The molecule has 10 heteroatoms. The van der Waals surface area contributed by atoms with Crippen LogP contribution >= 0.6 is 38.5 Å². The molecule has 1 aliphatic rings. The number of carbonyl (C=O) groups excluding carboxylic acids is 1.